The first kappa shape index (κ1) is 11.7. The minimum absolute atomic E-state index is 0.588. The van der Waals surface area contributed by atoms with Crippen molar-refractivity contribution in [3.8, 4) is 0 Å². The first-order valence-corrected chi connectivity index (χ1v) is 3.12. The maximum Gasteiger partial charge on any atom is 0.421 e. The summed E-state index contributed by atoms with van der Waals surface area (Å²) in [5, 5.41) is 8.94. The highest BCUT2D eigenvalue weighted by Gasteiger charge is 2.56. The molecule has 0 bridgehead atoms. The molecule has 0 heterocycles. The summed E-state index contributed by atoms with van der Waals surface area (Å²) in [5.74, 6) is 0. The molecule has 1 unspecified atom stereocenters. The van der Waals surface area contributed by atoms with Crippen LogP contribution in [0.3, 0.4) is 0 Å². The van der Waals surface area contributed by atoms with E-state index in [0.717, 1.165) is 14.2 Å². The third-order valence-corrected chi connectivity index (χ3v) is 1.46. The largest absolute Gasteiger partial charge is 0.421 e. The van der Waals surface area contributed by atoms with Crippen LogP contribution in [0.2, 0.25) is 0 Å². The second-order valence-corrected chi connectivity index (χ2v) is 2.45. The highest BCUT2D eigenvalue weighted by molar-refractivity contribution is 4.84. The van der Waals surface area contributed by atoms with Gasteiger partial charge in [0.25, 0.3) is 0 Å². The van der Waals surface area contributed by atoms with E-state index in [0.29, 0.717) is 6.92 Å². The molecule has 0 aliphatic rings. The third kappa shape index (κ3) is 2.09. The molecule has 1 atom stereocenters. The molecule has 1 N–H and O–H groups in total. The van der Waals surface area contributed by atoms with Gasteiger partial charge in [-0.15, -0.1) is 0 Å². The lowest BCUT2D eigenvalue weighted by molar-refractivity contribution is -0.329. The van der Waals surface area contributed by atoms with Crippen LogP contribution in [-0.4, -0.2) is 37.4 Å². The van der Waals surface area contributed by atoms with E-state index in [9.17, 15) is 13.2 Å². The molecule has 0 aliphatic heterocycles. The number of hydrogen-bond acceptors (Lipinski definition) is 3. The van der Waals surface area contributed by atoms with Gasteiger partial charge in [0.05, 0.1) is 0 Å². The van der Waals surface area contributed by atoms with Gasteiger partial charge in [-0.2, -0.15) is 13.2 Å². The Kier molecular flexibility index (Phi) is 3.49. The molecule has 0 radical (unpaired) electrons. The van der Waals surface area contributed by atoms with Gasteiger partial charge in [-0.1, -0.05) is 0 Å². The van der Waals surface area contributed by atoms with E-state index in [4.69, 9.17) is 5.11 Å². The molecule has 0 rings (SSSR count). The molecular formula is C6H11F3O3. The number of rotatable bonds is 3. The van der Waals surface area contributed by atoms with Crippen molar-refractivity contribution in [1.29, 1.82) is 0 Å². The predicted octanol–water partition coefficient (Wildman–Crippen LogP) is 0.919. The number of methoxy groups -OCH3 is 2. The SMILES string of the molecule is COC(OC)C(C)(O)C(F)(F)F. The second-order valence-electron chi connectivity index (χ2n) is 2.45. The van der Waals surface area contributed by atoms with E-state index in [1.807, 2.05) is 0 Å². The summed E-state index contributed by atoms with van der Waals surface area (Å²) in [6.07, 6.45) is -6.48. The minimum Gasteiger partial charge on any atom is -0.377 e. The van der Waals surface area contributed by atoms with Crippen molar-refractivity contribution in [2.45, 2.75) is 25.0 Å². The van der Waals surface area contributed by atoms with E-state index in [-0.39, 0.29) is 0 Å². The van der Waals surface area contributed by atoms with Crippen LogP contribution in [-0.2, 0) is 9.47 Å². The molecule has 0 amide bonds. The smallest absolute Gasteiger partial charge is 0.377 e. The summed E-state index contributed by atoms with van der Waals surface area (Å²) >= 11 is 0. The van der Waals surface area contributed by atoms with Gasteiger partial charge in [0.1, 0.15) is 0 Å². The molecule has 0 spiro atoms. The number of hydrogen-bond donors (Lipinski definition) is 1. The zero-order valence-corrected chi connectivity index (χ0v) is 6.97. The Bertz CT molecular complexity index is 139. The Morgan fingerprint density at radius 3 is 1.58 bits per heavy atom. The molecule has 0 fully saturated rings. The quantitative estimate of drug-likeness (QED) is 0.669. The Morgan fingerprint density at radius 2 is 1.50 bits per heavy atom. The average Bonchev–Trinajstić information content (AvgIpc) is 1.87. The lowest BCUT2D eigenvalue weighted by atomic mass is 10.1. The number of halogens is 3. The molecule has 74 valence electrons. The van der Waals surface area contributed by atoms with Crippen LogP contribution in [0.1, 0.15) is 6.92 Å². The molecule has 0 saturated heterocycles. The van der Waals surface area contributed by atoms with Crippen molar-refractivity contribution in [2.75, 3.05) is 14.2 Å². The fraction of sp³-hybridized carbons (Fsp3) is 1.00. The Balaban J connectivity index is 4.57. The Labute approximate surface area is 68.1 Å². The highest BCUT2D eigenvalue weighted by Crippen LogP contribution is 2.33. The second kappa shape index (κ2) is 3.59. The van der Waals surface area contributed by atoms with Gasteiger partial charge < -0.3 is 14.6 Å². The minimum atomic E-state index is -4.77. The Hall–Kier alpha value is -0.330. The monoisotopic (exact) mass is 188 g/mol. The maximum atomic E-state index is 12.0. The molecule has 0 aliphatic carbocycles. The van der Waals surface area contributed by atoms with Gasteiger partial charge >= 0.3 is 6.18 Å². The number of aliphatic hydroxyl groups is 1. The normalized spacial score (nSPS) is 18.0. The van der Waals surface area contributed by atoms with Gasteiger partial charge in [-0.05, 0) is 6.92 Å². The third-order valence-electron chi connectivity index (χ3n) is 1.46. The van der Waals surface area contributed by atoms with Crippen LogP contribution in [0, 0.1) is 0 Å². The fourth-order valence-corrected chi connectivity index (χ4v) is 0.689. The van der Waals surface area contributed by atoms with E-state index in [1.54, 1.807) is 0 Å². The molecule has 3 nitrogen and oxygen atoms in total. The van der Waals surface area contributed by atoms with Crippen LogP contribution in [0.5, 0.6) is 0 Å². The lowest BCUT2D eigenvalue weighted by Gasteiger charge is -2.31. The molecular weight excluding hydrogens is 177 g/mol. The molecule has 12 heavy (non-hydrogen) atoms. The van der Waals surface area contributed by atoms with E-state index in [1.165, 1.54) is 0 Å². The zero-order chi connectivity index (χ0) is 9.99. The first-order valence-electron chi connectivity index (χ1n) is 3.12. The summed E-state index contributed by atoms with van der Waals surface area (Å²) in [4.78, 5) is 0. The Morgan fingerprint density at radius 1 is 1.17 bits per heavy atom. The van der Waals surface area contributed by atoms with Crippen LogP contribution >= 0.6 is 0 Å². The van der Waals surface area contributed by atoms with Gasteiger partial charge in [0.15, 0.2) is 6.29 Å². The first-order chi connectivity index (χ1) is 5.27. The van der Waals surface area contributed by atoms with Crippen LogP contribution in [0.4, 0.5) is 13.2 Å². The van der Waals surface area contributed by atoms with Crippen molar-refractivity contribution >= 4 is 0 Å². The standard InChI is InChI=1S/C6H11F3O3/c1-5(10,6(7,8)9)4(11-2)12-3/h4,10H,1-3H3. The number of ether oxygens (including phenoxy) is 2. The summed E-state index contributed by atoms with van der Waals surface area (Å²) < 4.78 is 44.7. The number of alkyl halides is 3. The lowest BCUT2D eigenvalue weighted by Crippen LogP contribution is -2.53. The summed E-state index contributed by atoms with van der Waals surface area (Å²) in [6.45, 7) is 0.588. The fourth-order valence-electron chi connectivity index (χ4n) is 0.689. The topological polar surface area (TPSA) is 38.7 Å². The summed E-state index contributed by atoms with van der Waals surface area (Å²) in [5.41, 5.74) is -2.99. The van der Waals surface area contributed by atoms with Crippen LogP contribution in [0.25, 0.3) is 0 Å². The van der Waals surface area contributed by atoms with Gasteiger partial charge in [-0.3, -0.25) is 0 Å². The molecule has 6 heteroatoms. The van der Waals surface area contributed by atoms with Crippen LogP contribution < -0.4 is 0 Å². The van der Waals surface area contributed by atoms with Gasteiger partial charge in [0, 0.05) is 14.2 Å². The highest BCUT2D eigenvalue weighted by atomic mass is 19.4. The van der Waals surface area contributed by atoms with E-state index >= 15 is 0 Å². The van der Waals surface area contributed by atoms with Crippen molar-refractivity contribution in [3.05, 3.63) is 0 Å². The molecule has 0 aromatic rings. The molecule has 0 saturated carbocycles. The van der Waals surface area contributed by atoms with E-state index in [2.05, 4.69) is 9.47 Å². The van der Waals surface area contributed by atoms with Crippen molar-refractivity contribution in [3.63, 3.8) is 0 Å². The van der Waals surface area contributed by atoms with Crippen LogP contribution in [0.15, 0.2) is 0 Å². The van der Waals surface area contributed by atoms with Crippen molar-refractivity contribution < 1.29 is 27.8 Å². The van der Waals surface area contributed by atoms with Crippen molar-refractivity contribution in [1.82, 2.24) is 0 Å². The summed E-state index contributed by atoms with van der Waals surface area (Å²) in [6, 6.07) is 0. The zero-order valence-electron chi connectivity index (χ0n) is 6.97. The van der Waals surface area contributed by atoms with E-state index < -0.39 is 18.1 Å². The maximum absolute atomic E-state index is 12.0. The molecule has 0 aromatic carbocycles. The summed E-state index contributed by atoms with van der Waals surface area (Å²) in [7, 11) is 2.04. The molecule has 0 aromatic heterocycles. The van der Waals surface area contributed by atoms with Gasteiger partial charge in [-0.25, -0.2) is 0 Å². The average molecular weight is 188 g/mol. The predicted molar refractivity (Wildman–Crippen MR) is 34.5 cm³/mol. The van der Waals surface area contributed by atoms with Gasteiger partial charge in [0.2, 0.25) is 5.60 Å². The van der Waals surface area contributed by atoms with Crippen molar-refractivity contribution in [2.24, 2.45) is 0 Å².